The number of nitrogens with zero attached hydrogens (tertiary/aromatic N) is 4. The first kappa shape index (κ1) is 17.9. The van der Waals surface area contributed by atoms with E-state index in [4.69, 9.17) is 0 Å². The largest absolute Gasteiger partial charge is 0.298 e. The molecular formula is C19H18N4O2S. The molecule has 0 aliphatic heterocycles. The lowest BCUT2D eigenvalue weighted by molar-refractivity contribution is -0.384. The minimum atomic E-state index is -0.416. The summed E-state index contributed by atoms with van der Waals surface area (Å²) < 4.78 is 1.97. The van der Waals surface area contributed by atoms with Crippen LogP contribution in [-0.2, 0) is 12.3 Å². The van der Waals surface area contributed by atoms with Gasteiger partial charge in [0.15, 0.2) is 11.0 Å². The fourth-order valence-corrected chi connectivity index (χ4v) is 3.37. The maximum absolute atomic E-state index is 10.8. The van der Waals surface area contributed by atoms with Crippen LogP contribution in [0.25, 0.3) is 11.4 Å². The standard InChI is InChI=1S/C19H18N4O2S/c1-3-12-22-18(16-8-10-17(11-9-16)23(24)25)20-21-19(22)26-13-15-6-4-14(2)5-7-15/h3-11H,1,12-13H2,2H3. The van der Waals surface area contributed by atoms with Crippen LogP contribution in [0.2, 0.25) is 0 Å². The van der Waals surface area contributed by atoms with E-state index in [-0.39, 0.29) is 5.69 Å². The van der Waals surface area contributed by atoms with Crippen LogP contribution in [0.5, 0.6) is 0 Å². The van der Waals surface area contributed by atoms with Crippen molar-refractivity contribution < 1.29 is 4.92 Å². The maximum Gasteiger partial charge on any atom is 0.269 e. The molecule has 2 aromatic carbocycles. The molecule has 0 bridgehead atoms. The molecule has 3 rings (SSSR count). The van der Waals surface area contributed by atoms with Crippen molar-refractivity contribution in [3.8, 4) is 11.4 Å². The van der Waals surface area contributed by atoms with Crippen LogP contribution in [-0.4, -0.2) is 19.7 Å². The molecule has 0 spiro atoms. The fraction of sp³-hybridized carbons (Fsp3) is 0.158. The molecule has 7 heteroatoms. The van der Waals surface area contributed by atoms with Crippen LogP contribution < -0.4 is 0 Å². The lowest BCUT2D eigenvalue weighted by Crippen LogP contribution is -2.01. The number of thioether (sulfide) groups is 1. The van der Waals surface area contributed by atoms with Gasteiger partial charge >= 0.3 is 0 Å². The van der Waals surface area contributed by atoms with E-state index in [0.717, 1.165) is 16.5 Å². The third-order valence-electron chi connectivity index (χ3n) is 3.85. The lowest BCUT2D eigenvalue weighted by Gasteiger charge is -2.08. The quantitative estimate of drug-likeness (QED) is 0.264. The minimum Gasteiger partial charge on any atom is -0.298 e. The van der Waals surface area contributed by atoms with Crippen molar-refractivity contribution >= 4 is 17.4 Å². The number of nitro groups is 1. The second kappa shape index (κ2) is 7.97. The van der Waals surface area contributed by atoms with Crippen molar-refractivity contribution in [3.63, 3.8) is 0 Å². The Morgan fingerprint density at radius 3 is 2.46 bits per heavy atom. The average Bonchev–Trinajstić information content (AvgIpc) is 3.04. The number of nitro benzene ring substituents is 1. The number of aryl methyl sites for hydroxylation is 1. The molecule has 0 atom stereocenters. The summed E-state index contributed by atoms with van der Waals surface area (Å²) >= 11 is 1.60. The first-order chi connectivity index (χ1) is 12.6. The summed E-state index contributed by atoms with van der Waals surface area (Å²) in [6, 6.07) is 14.7. The zero-order valence-electron chi connectivity index (χ0n) is 14.3. The molecule has 0 saturated carbocycles. The molecule has 0 fully saturated rings. The SMILES string of the molecule is C=CCn1c(SCc2ccc(C)cc2)nnc1-c1ccc([N+](=O)[O-])cc1. The van der Waals surface area contributed by atoms with Gasteiger partial charge in [-0.3, -0.25) is 14.7 Å². The predicted octanol–water partition coefficient (Wildman–Crippen LogP) is 4.64. The highest BCUT2D eigenvalue weighted by molar-refractivity contribution is 7.98. The molecule has 0 saturated heterocycles. The van der Waals surface area contributed by atoms with E-state index in [2.05, 4.69) is 48.0 Å². The van der Waals surface area contributed by atoms with Gasteiger partial charge in [0.25, 0.3) is 5.69 Å². The summed E-state index contributed by atoms with van der Waals surface area (Å²) in [5.74, 6) is 1.46. The summed E-state index contributed by atoms with van der Waals surface area (Å²) in [4.78, 5) is 10.4. The first-order valence-electron chi connectivity index (χ1n) is 8.05. The van der Waals surface area contributed by atoms with Gasteiger partial charge in [0.2, 0.25) is 0 Å². The van der Waals surface area contributed by atoms with E-state index in [0.29, 0.717) is 12.4 Å². The predicted molar refractivity (Wildman–Crippen MR) is 103 cm³/mol. The van der Waals surface area contributed by atoms with E-state index >= 15 is 0 Å². The van der Waals surface area contributed by atoms with Gasteiger partial charge in [-0.1, -0.05) is 47.7 Å². The van der Waals surface area contributed by atoms with E-state index < -0.39 is 4.92 Å². The number of hydrogen-bond donors (Lipinski definition) is 0. The molecule has 1 aromatic heterocycles. The normalized spacial score (nSPS) is 10.7. The van der Waals surface area contributed by atoms with E-state index in [1.807, 2.05) is 4.57 Å². The molecule has 0 amide bonds. The smallest absolute Gasteiger partial charge is 0.269 e. The number of hydrogen-bond acceptors (Lipinski definition) is 5. The third-order valence-corrected chi connectivity index (χ3v) is 4.89. The second-order valence-corrected chi connectivity index (χ2v) is 6.73. The number of rotatable bonds is 7. The molecular weight excluding hydrogens is 348 g/mol. The van der Waals surface area contributed by atoms with Crippen LogP contribution in [0, 0.1) is 17.0 Å². The molecule has 1 heterocycles. The van der Waals surface area contributed by atoms with E-state index in [1.165, 1.54) is 23.3 Å². The average molecular weight is 366 g/mol. The maximum atomic E-state index is 10.8. The van der Waals surface area contributed by atoms with Crippen LogP contribution in [0.4, 0.5) is 5.69 Å². The fourth-order valence-electron chi connectivity index (χ4n) is 2.47. The highest BCUT2D eigenvalue weighted by Crippen LogP contribution is 2.27. The monoisotopic (exact) mass is 366 g/mol. The highest BCUT2D eigenvalue weighted by Gasteiger charge is 2.15. The Labute approximate surface area is 155 Å². The molecule has 3 aromatic rings. The van der Waals surface area contributed by atoms with Gasteiger partial charge in [0.05, 0.1) is 4.92 Å². The van der Waals surface area contributed by atoms with Gasteiger partial charge < -0.3 is 0 Å². The number of benzene rings is 2. The van der Waals surface area contributed by atoms with Crippen molar-refractivity contribution in [2.24, 2.45) is 0 Å². The van der Waals surface area contributed by atoms with Gasteiger partial charge in [0, 0.05) is 30.0 Å². The van der Waals surface area contributed by atoms with Gasteiger partial charge in [-0.25, -0.2) is 0 Å². The molecule has 0 aliphatic rings. The van der Waals surface area contributed by atoms with Crippen LogP contribution in [0.15, 0.2) is 66.3 Å². The summed E-state index contributed by atoms with van der Waals surface area (Å²) in [5.41, 5.74) is 3.28. The molecule has 26 heavy (non-hydrogen) atoms. The Hall–Kier alpha value is -2.93. The molecule has 132 valence electrons. The first-order valence-corrected chi connectivity index (χ1v) is 9.04. The second-order valence-electron chi connectivity index (χ2n) is 5.78. The van der Waals surface area contributed by atoms with Gasteiger partial charge in [0.1, 0.15) is 0 Å². The zero-order valence-corrected chi connectivity index (χ0v) is 15.1. The van der Waals surface area contributed by atoms with E-state index in [1.54, 1.807) is 30.0 Å². The molecule has 0 unspecified atom stereocenters. The Morgan fingerprint density at radius 1 is 1.15 bits per heavy atom. The Morgan fingerprint density at radius 2 is 1.85 bits per heavy atom. The van der Waals surface area contributed by atoms with Crippen molar-refractivity contribution in [1.29, 1.82) is 0 Å². The minimum absolute atomic E-state index is 0.0532. The zero-order chi connectivity index (χ0) is 18.5. The summed E-state index contributed by atoms with van der Waals surface area (Å²) in [6.07, 6.45) is 1.79. The van der Waals surface area contributed by atoms with Crippen molar-refractivity contribution in [1.82, 2.24) is 14.8 Å². The Balaban J connectivity index is 1.84. The highest BCUT2D eigenvalue weighted by atomic mass is 32.2. The molecule has 0 aliphatic carbocycles. The van der Waals surface area contributed by atoms with Gasteiger partial charge in [-0.2, -0.15) is 0 Å². The van der Waals surface area contributed by atoms with Crippen molar-refractivity contribution in [2.45, 2.75) is 24.4 Å². The molecule has 0 N–H and O–H groups in total. The number of non-ortho nitro benzene ring substituents is 1. The van der Waals surface area contributed by atoms with Gasteiger partial charge in [-0.15, -0.1) is 16.8 Å². The van der Waals surface area contributed by atoms with Crippen molar-refractivity contribution in [2.75, 3.05) is 0 Å². The summed E-state index contributed by atoms with van der Waals surface area (Å²) in [6.45, 7) is 6.43. The van der Waals surface area contributed by atoms with Gasteiger partial charge in [-0.05, 0) is 24.6 Å². The Kier molecular flexibility index (Phi) is 5.48. The third kappa shape index (κ3) is 4.00. The lowest BCUT2D eigenvalue weighted by atomic mass is 10.2. The summed E-state index contributed by atoms with van der Waals surface area (Å²) in [7, 11) is 0. The number of aromatic nitrogens is 3. The topological polar surface area (TPSA) is 73.8 Å². The van der Waals surface area contributed by atoms with E-state index in [9.17, 15) is 10.1 Å². The van der Waals surface area contributed by atoms with Crippen LogP contribution >= 0.6 is 11.8 Å². The number of allylic oxidation sites excluding steroid dienone is 1. The van der Waals surface area contributed by atoms with Crippen LogP contribution in [0.1, 0.15) is 11.1 Å². The molecule has 0 radical (unpaired) electrons. The molecule has 6 nitrogen and oxygen atoms in total. The summed E-state index contributed by atoms with van der Waals surface area (Å²) in [5, 5.41) is 20.2. The van der Waals surface area contributed by atoms with Crippen LogP contribution in [0.3, 0.4) is 0 Å². The Bertz CT molecular complexity index is 918. The van der Waals surface area contributed by atoms with Crippen molar-refractivity contribution in [3.05, 3.63) is 82.4 Å².